The molecule has 0 spiro atoms. The fourth-order valence-electron chi connectivity index (χ4n) is 3.74. The van der Waals surface area contributed by atoms with E-state index in [0.29, 0.717) is 28.2 Å². The van der Waals surface area contributed by atoms with E-state index in [9.17, 15) is 18.0 Å². The van der Waals surface area contributed by atoms with E-state index in [-0.39, 0.29) is 31.4 Å². The smallest absolute Gasteiger partial charge is 0.489 e. The summed E-state index contributed by atoms with van der Waals surface area (Å²) in [6, 6.07) is 12.2. The highest BCUT2D eigenvalue weighted by atomic mass is 19.4. The minimum Gasteiger partial charge on any atom is -0.489 e. The van der Waals surface area contributed by atoms with Gasteiger partial charge in [-0.2, -0.15) is 0 Å². The van der Waals surface area contributed by atoms with Gasteiger partial charge in [0.05, 0.1) is 12.3 Å². The highest BCUT2D eigenvalue weighted by Gasteiger charge is 2.32. The SMILES string of the molecule is C=C/C=C\C(=N)c1ccc(OCC2CN(c3ccc(OC(F)(F)F)cc3)C(=O)CO2)c2ncccc12. The number of aromatic nitrogens is 1. The molecule has 1 saturated heterocycles. The highest BCUT2D eigenvalue weighted by Crippen LogP contribution is 2.29. The Bertz CT molecular complexity index is 1310. The molecule has 0 radical (unpaired) electrons. The van der Waals surface area contributed by atoms with Crippen molar-refractivity contribution in [3.8, 4) is 11.5 Å². The summed E-state index contributed by atoms with van der Waals surface area (Å²) in [4.78, 5) is 18.2. The van der Waals surface area contributed by atoms with Crippen molar-refractivity contribution >= 4 is 28.2 Å². The number of alkyl halides is 3. The van der Waals surface area contributed by atoms with E-state index in [0.717, 1.165) is 17.5 Å². The molecule has 36 heavy (non-hydrogen) atoms. The summed E-state index contributed by atoms with van der Waals surface area (Å²) >= 11 is 0. The topological polar surface area (TPSA) is 84.7 Å². The molecule has 186 valence electrons. The first-order valence-corrected chi connectivity index (χ1v) is 10.9. The van der Waals surface area contributed by atoms with E-state index in [1.54, 1.807) is 42.6 Å². The van der Waals surface area contributed by atoms with Crippen LogP contribution in [-0.2, 0) is 9.53 Å². The fraction of sp³-hybridized carbons (Fsp3) is 0.192. The predicted octanol–water partition coefficient (Wildman–Crippen LogP) is 5.05. The second-order valence-electron chi connectivity index (χ2n) is 7.81. The van der Waals surface area contributed by atoms with Crippen molar-refractivity contribution in [2.45, 2.75) is 12.5 Å². The lowest BCUT2D eigenvalue weighted by Crippen LogP contribution is -2.48. The summed E-state index contributed by atoms with van der Waals surface area (Å²) < 4.78 is 52.7. The molecule has 0 saturated carbocycles. The van der Waals surface area contributed by atoms with E-state index in [2.05, 4.69) is 16.3 Å². The number of amides is 1. The molecular weight excluding hydrogens is 475 g/mol. The molecule has 7 nitrogen and oxygen atoms in total. The highest BCUT2D eigenvalue weighted by molar-refractivity contribution is 6.15. The van der Waals surface area contributed by atoms with Gasteiger partial charge in [-0.25, -0.2) is 0 Å². The summed E-state index contributed by atoms with van der Waals surface area (Å²) in [6.07, 6.45) is 1.26. The number of allylic oxidation sites excluding steroid dienone is 3. The van der Waals surface area contributed by atoms with Crippen molar-refractivity contribution in [2.24, 2.45) is 0 Å². The monoisotopic (exact) mass is 497 g/mol. The number of carbonyl (C=O) groups is 1. The number of nitrogens with zero attached hydrogens (tertiary/aromatic N) is 2. The van der Waals surface area contributed by atoms with Crippen molar-refractivity contribution in [3.05, 3.63) is 85.1 Å². The molecule has 10 heteroatoms. The molecule has 1 atom stereocenters. The van der Waals surface area contributed by atoms with Gasteiger partial charge in [-0.3, -0.25) is 9.78 Å². The molecule has 0 bridgehead atoms. The number of rotatable bonds is 8. The van der Waals surface area contributed by atoms with Gasteiger partial charge in [0.2, 0.25) is 0 Å². The molecule has 1 aliphatic rings. The number of halogens is 3. The average Bonchev–Trinajstić information content (AvgIpc) is 2.86. The summed E-state index contributed by atoms with van der Waals surface area (Å²) in [5.74, 6) is -0.198. The Morgan fingerprint density at radius 3 is 2.72 bits per heavy atom. The number of pyridine rings is 1. The Labute approximate surface area is 204 Å². The van der Waals surface area contributed by atoms with Crippen LogP contribution in [0.15, 0.2) is 79.5 Å². The van der Waals surface area contributed by atoms with Crippen molar-refractivity contribution in [1.82, 2.24) is 4.98 Å². The number of anilines is 1. The fourth-order valence-corrected chi connectivity index (χ4v) is 3.74. The second-order valence-corrected chi connectivity index (χ2v) is 7.81. The van der Waals surface area contributed by atoms with Gasteiger partial charge < -0.3 is 24.5 Å². The summed E-state index contributed by atoms with van der Waals surface area (Å²) in [7, 11) is 0. The first-order chi connectivity index (χ1) is 17.2. The van der Waals surface area contributed by atoms with Crippen LogP contribution in [0.2, 0.25) is 0 Å². The third-order valence-corrected chi connectivity index (χ3v) is 5.36. The van der Waals surface area contributed by atoms with Gasteiger partial charge in [-0.05, 0) is 48.5 Å². The number of hydrogen-bond acceptors (Lipinski definition) is 6. The quantitative estimate of drug-likeness (QED) is 0.348. The number of ether oxygens (including phenoxy) is 3. The molecule has 0 aliphatic carbocycles. The third-order valence-electron chi connectivity index (χ3n) is 5.36. The maximum absolute atomic E-state index is 12.4. The predicted molar refractivity (Wildman–Crippen MR) is 129 cm³/mol. The van der Waals surface area contributed by atoms with Crippen LogP contribution in [0.1, 0.15) is 5.56 Å². The van der Waals surface area contributed by atoms with Crippen molar-refractivity contribution in [2.75, 3.05) is 24.7 Å². The molecule has 2 heterocycles. The molecule has 1 fully saturated rings. The van der Waals surface area contributed by atoms with Crippen LogP contribution in [-0.4, -0.2) is 48.8 Å². The largest absolute Gasteiger partial charge is 0.573 e. The van der Waals surface area contributed by atoms with Crippen molar-refractivity contribution in [3.63, 3.8) is 0 Å². The van der Waals surface area contributed by atoms with Gasteiger partial charge in [0.15, 0.2) is 0 Å². The van der Waals surface area contributed by atoms with Gasteiger partial charge in [0.25, 0.3) is 5.91 Å². The van der Waals surface area contributed by atoms with Gasteiger partial charge >= 0.3 is 6.36 Å². The molecule has 1 unspecified atom stereocenters. The first-order valence-electron chi connectivity index (χ1n) is 10.9. The van der Waals surface area contributed by atoms with Crippen LogP contribution in [0, 0.1) is 5.41 Å². The molecule has 4 rings (SSSR count). The lowest BCUT2D eigenvalue weighted by Gasteiger charge is -2.32. The maximum atomic E-state index is 12.4. The molecule has 1 aromatic heterocycles. The number of benzene rings is 2. The van der Waals surface area contributed by atoms with Crippen LogP contribution in [0.5, 0.6) is 11.5 Å². The van der Waals surface area contributed by atoms with Crippen LogP contribution in [0.4, 0.5) is 18.9 Å². The zero-order valence-electron chi connectivity index (χ0n) is 19.0. The lowest BCUT2D eigenvalue weighted by atomic mass is 10.0. The zero-order chi connectivity index (χ0) is 25.7. The normalized spacial score (nSPS) is 16.4. The van der Waals surface area contributed by atoms with Crippen LogP contribution < -0.4 is 14.4 Å². The standard InChI is InChI=1S/C26H22F3N3O4/c1-2-3-6-22(30)20-11-12-23(25-21(20)5-4-13-31-25)35-15-19-14-32(24(33)16-34-19)17-7-9-18(10-8-17)36-26(27,28)29/h2-13,19,30H,1,14-16H2/b6-3-,30-22?. The third kappa shape index (κ3) is 5.89. The Morgan fingerprint density at radius 2 is 2.00 bits per heavy atom. The Morgan fingerprint density at radius 1 is 1.22 bits per heavy atom. The Hall–Kier alpha value is -4.18. The zero-order valence-corrected chi connectivity index (χ0v) is 19.0. The molecular formula is C26H22F3N3O4. The maximum Gasteiger partial charge on any atom is 0.573 e. The molecule has 1 N–H and O–H groups in total. The molecule has 1 amide bonds. The summed E-state index contributed by atoms with van der Waals surface area (Å²) in [5, 5.41) is 9.05. The van der Waals surface area contributed by atoms with Crippen LogP contribution in [0.3, 0.4) is 0 Å². The van der Waals surface area contributed by atoms with E-state index in [1.165, 1.54) is 17.0 Å². The number of nitrogens with one attached hydrogen (secondary N) is 1. The van der Waals surface area contributed by atoms with E-state index >= 15 is 0 Å². The number of carbonyl (C=O) groups excluding carboxylic acids is 1. The van der Waals surface area contributed by atoms with Gasteiger partial charge in [0.1, 0.15) is 36.3 Å². The molecule has 3 aromatic rings. The molecule has 2 aromatic carbocycles. The van der Waals surface area contributed by atoms with Crippen molar-refractivity contribution < 1.29 is 32.2 Å². The summed E-state index contributed by atoms with van der Waals surface area (Å²) in [6.45, 7) is 3.68. The van der Waals surface area contributed by atoms with Gasteiger partial charge in [-0.15, -0.1) is 13.2 Å². The number of morpholine rings is 1. The summed E-state index contributed by atoms with van der Waals surface area (Å²) in [5.41, 5.74) is 1.99. The minimum atomic E-state index is -4.79. The second kappa shape index (κ2) is 10.6. The minimum absolute atomic E-state index is 0.109. The first kappa shape index (κ1) is 24.9. The Balaban J connectivity index is 1.47. The van der Waals surface area contributed by atoms with Crippen molar-refractivity contribution in [1.29, 1.82) is 5.41 Å². The van der Waals surface area contributed by atoms with E-state index in [1.807, 2.05) is 6.07 Å². The number of fused-ring (bicyclic) bond motifs is 1. The average molecular weight is 497 g/mol. The van der Waals surface area contributed by atoms with Crippen LogP contribution >= 0.6 is 0 Å². The van der Waals surface area contributed by atoms with Gasteiger partial charge in [-0.1, -0.05) is 24.8 Å². The van der Waals surface area contributed by atoms with E-state index < -0.39 is 12.5 Å². The van der Waals surface area contributed by atoms with Crippen LogP contribution in [0.25, 0.3) is 10.9 Å². The number of hydrogen-bond donors (Lipinski definition) is 1. The van der Waals surface area contributed by atoms with Gasteiger partial charge in [0, 0.05) is 22.8 Å². The lowest BCUT2D eigenvalue weighted by molar-refractivity contribution is -0.274. The van der Waals surface area contributed by atoms with E-state index in [4.69, 9.17) is 14.9 Å². The molecule has 1 aliphatic heterocycles. The Kier molecular flexibility index (Phi) is 7.35.